The molecule has 36 heavy (non-hydrogen) atoms. The van der Waals surface area contributed by atoms with Gasteiger partial charge in [-0.15, -0.1) is 0 Å². The number of para-hydroxylation sites is 1. The second kappa shape index (κ2) is 10.4. The topological polar surface area (TPSA) is 145 Å². The van der Waals surface area contributed by atoms with E-state index in [1.165, 1.54) is 20.4 Å². The van der Waals surface area contributed by atoms with Crippen molar-refractivity contribution in [1.29, 1.82) is 0 Å². The molecule has 1 aliphatic rings. The summed E-state index contributed by atoms with van der Waals surface area (Å²) >= 11 is 0. The van der Waals surface area contributed by atoms with Crippen LogP contribution in [0.15, 0.2) is 61.1 Å². The van der Waals surface area contributed by atoms with Crippen LogP contribution in [0.5, 0.6) is 11.5 Å². The van der Waals surface area contributed by atoms with Gasteiger partial charge >= 0.3 is 5.97 Å². The van der Waals surface area contributed by atoms with Crippen molar-refractivity contribution < 1.29 is 29.0 Å². The molecule has 10 heteroatoms. The molecular weight excluding hydrogens is 464 g/mol. The molecule has 0 bridgehead atoms. The normalized spacial score (nSPS) is 17.7. The second-order valence-corrected chi connectivity index (χ2v) is 8.40. The summed E-state index contributed by atoms with van der Waals surface area (Å²) in [5, 5.41) is 9.87. The van der Waals surface area contributed by atoms with Crippen molar-refractivity contribution in [1.82, 2.24) is 14.9 Å². The van der Waals surface area contributed by atoms with E-state index in [0.29, 0.717) is 28.2 Å². The van der Waals surface area contributed by atoms with Crippen molar-refractivity contribution in [3.63, 3.8) is 0 Å². The summed E-state index contributed by atoms with van der Waals surface area (Å²) in [5.41, 5.74) is 7.68. The Morgan fingerprint density at radius 2 is 1.81 bits per heavy atom. The van der Waals surface area contributed by atoms with E-state index in [0.717, 1.165) is 4.90 Å². The smallest absolute Gasteiger partial charge is 0.327 e. The molecular formula is C26H26N4O6. The zero-order valence-corrected chi connectivity index (χ0v) is 19.8. The van der Waals surface area contributed by atoms with Gasteiger partial charge in [0, 0.05) is 42.1 Å². The predicted molar refractivity (Wildman–Crippen MR) is 129 cm³/mol. The Hall–Kier alpha value is -4.47. The lowest BCUT2D eigenvalue weighted by molar-refractivity contribution is -0.177. The van der Waals surface area contributed by atoms with Gasteiger partial charge in [-0.05, 0) is 36.2 Å². The van der Waals surface area contributed by atoms with Crippen molar-refractivity contribution in [2.24, 2.45) is 5.92 Å². The highest BCUT2D eigenvalue weighted by Crippen LogP contribution is 2.40. The number of anilines is 1. The summed E-state index contributed by atoms with van der Waals surface area (Å²) < 4.78 is 11.0. The number of amides is 2. The summed E-state index contributed by atoms with van der Waals surface area (Å²) in [4.78, 5) is 47.5. The number of carboxylic acid groups (broad SMARTS) is 1. The molecule has 1 aliphatic heterocycles. The first-order chi connectivity index (χ1) is 17.3. The van der Waals surface area contributed by atoms with E-state index in [1.807, 2.05) is 12.1 Å². The fraction of sp³-hybridized carbons (Fsp3) is 0.269. The van der Waals surface area contributed by atoms with Crippen molar-refractivity contribution in [2.45, 2.75) is 24.8 Å². The minimum Gasteiger partial charge on any atom is -0.496 e. The number of methoxy groups -OCH3 is 2. The molecule has 1 fully saturated rings. The number of nitrogens with zero attached hydrogens (tertiary/aromatic N) is 3. The average molecular weight is 491 g/mol. The summed E-state index contributed by atoms with van der Waals surface area (Å²) in [7, 11) is 3.03. The largest absolute Gasteiger partial charge is 0.496 e. The van der Waals surface area contributed by atoms with Crippen LogP contribution in [0.4, 0.5) is 5.82 Å². The Balaban J connectivity index is 1.64. The third-order valence-corrected chi connectivity index (χ3v) is 6.34. The summed E-state index contributed by atoms with van der Waals surface area (Å²) in [6.07, 6.45) is 4.60. The third-order valence-electron chi connectivity index (χ3n) is 6.34. The number of likely N-dealkylation sites (tertiary alicyclic amines) is 1. The van der Waals surface area contributed by atoms with Gasteiger partial charge in [0.2, 0.25) is 11.8 Å². The molecule has 3 atom stereocenters. The van der Waals surface area contributed by atoms with Gasteiger partial charge in [0.1, 0.15) is 23.4 Å². The van der Waals surface area contributed by atoms with E-state index >= 15 is 0 Å². The predicted octanol–water partition coefficient (Wildman–Crippen LogP) is 2.28. The molecule has 0 spiro atoms. The average Bonchev–Trinajstić information content (AvgIpc) is 2.88. The van der Waals surface area contributed by atoms with Crippen LogP contribution in [0.25, 0.3) is 0 Å². The number of β-lactam (4-membered cyclic amide) rings is 1. The first-order valence-electron chi connectivity index (χ1n) is 11.3. The van der Waals surface area contributed by atoms with E-state index in [2.05, 4.69) is 9.97 Å². The van der Waals surface area contributed by atoms with Gasteiger partial charge in [-0.1, -0.05) is 18.2 Å². The molecule has 1 saturated heterocycles. The number of hydrogen-bond acceptors (Lipinski definition) is 8. The van der Waals surface area contributed by atoms with Gasteiger partial charge in [-0.3, -0.25) is 19.5 Å². The van der Waals surface area contributed by atoms with E-state index in [9.17, 15) is 19.5 Å². The van der Waals surface area contributed by atoms with Crippen LogP contribution in [-0.2, 0) is 20.8 Å². The number of ether oxygens (including phenoxy) is 2. The maximum atomic E-state index is 13.5. The Kier molecular flexibility index (Phi) is 7.14. The van der Waals surface area contributed by atoms with Gasteiger partial charge in [0.15, 0.2) is 0 Å². The number of benzene rings is 1. The number of carbonyl (C=O) groups excluding carboxylic acids is 2. The van der Waals surface area contributed by atoms with Crippen molar-refractivity contribution in [3.8, 4) is 11.5 Å². The maximum absolute atomic E-state index is 13.5. The maximum Gasteiger partial charge on any atom is 0.327 e. The number of carbonyl (C=O) groups is 3. The zero-order valence-electron chi connectivity index (χ0n) is 19.8. The molecule has 3 aromatic rings. The number of carboxylic acids is 1. The first kappa shape index (κ1) is 24.6. The van der Waals surface area contributed by atoms with Crippen LogP contribution in [-0.4, -0.2) is 58.0 Å². The highest BCUT2D eigenvalue weighted by molar-refractivity contribution is 6.08. The van der Waals surface area contributed by atoms with E-state index < -0.39 is 35.7 Å². The number of hydrogen-bond donors (Lipinski definition) is 2. The molecule has 186 valence electrons. The lowest BCUT2D eigenvalue weighted by Crippen LogP contribution is -2.66. The Bertz CT molecular complexity index is 1250. The third kappa shape index (κ3) is 4.70. The zero-order chi connectivity index (χ0) is 25.8. The van der Waals surface area contributed by atoms with Crippen LogP contribution < -0.4 is 15.2 Å². The second-order valence-electron chi connectivity index (χ2n) is 8.40. The van der Waals surface area contributed by atoms with Gasteiger partial charge < -0.3 is 20.3 Å². The molecule has 3 N–H and O–H groups in total. The quantitative estimate of drug-likeness (QED) is 0.431. The minimum absolute atomic E-state index is 0.138. The molecule has 10 nitrogen and oxygen atoms in total. The molecule has 2 aromatic heterocycles. The Morgan fingerprint density at radius 3 is 2.50 bits per heavy atom. The molecule has 3 heterocycles. The number of pyridine rings is 2. The van der Waals surface area contributed by atoms with Crippen LogP contribution in [0.2, 0.25) is 0 Å². The number of nitrogens with two attached hydrogens (primary N) is 1. The van der Waals surface area contributed by atoms with E-state index in [4.69, 9.17) is 15.2 Å². The van der Waals surface area contributed by atoms with E-state index in [-0.39, 0.29) is 18.7 Å². The summed E-state index contributed by atoms with van der Waals surface area (Å²) in [6, 6.07) is 10.8. The minimum atomic E-state index is -1.28. The van der Waals surface area contributed by atoms with Crippen LogP contribution >= 0.6 is 0 Å². The van der Waals surface area contributed by atoms with Crippen LogP contribution in [0.1, 0.15) is 29.0 Å². The van der Waals surface area contributed by atoms with Crippen molar-refractivity contribution in [2.75, 3.05) is 20.0 Å². The highest BCUT2D eigenvalue weighted by Gasteiger charge is 2.54. The van der Waals surface area contributed by atoms with Crippen molar-refractivity contribution in [3.05, 3.63) is 77.7 Å². The van der Waals surface area contributed by atoms with Gasteiger partial charge in [-0.25, -0.2) is 9.78 Å². The highest BCUT2D eigenvalue weighted by atomic mass is 16.5. The van der Waals surface area contributed by atoms with Crippen LogP contribution in [0, 0.1) is 5.92 Å². The molecule has 1 aromatic carbocycles. The molecule has 4 rings (SSSR count). The van der Waals surface area contributed by atoms with Gasteiger partial charge in [0.25, 0.3) is 0 Å². The number of imide groups is 1. The molecule has 0 saturated carbocycles. The lowest BCUT2D eigenvalue weighted by atomic mass is 9.80. The molecule has 0 radical (unpaired) electrons. The van der Waals surface area contributed by atoms with Gasteiger partial charge in [0.05, 0.1) is 20.1 Å². The fourth-order valence-corrected chi connectivity index (χ4v) is 4.64. The van der Waals surface area contributed by atoms with Gasteiger partial charge in [-0.2, -0.15) is 0 Å². The Morgan fingerprint density at radius 1 is 1.08 bits per heavy atom. The van der Waals surface area contributed by atoms with Crippen LogP contribution in [0.3, 0.4) is 0 Å². The molecule has 0 aliphatic carbocycles. The monoisotopic (exact) mass is 490 g/mol. The number of rotatable bonds is 9. The fourth-order valence-electron chi connectivity index (χ4n) is 4.64. The first-order valence-corrected chi connectivity index (χ1v) is 11.3. The number of nitrogen functional groups attached to an aromatic ring is 1. The van der Waals surface area contributed by atoms with Crippen molar-refractivity contribution >= 4 is 23.6 Å². The Labute approximate surface area is 207 Å². The lowest BCUT2D eigenvalue weighted by Gasteiger charge is -2.43. The van der Waals surface area contributed by atoms with E-state index in [1.54, 1.807) is 42.7 Å². The summed E-state index contributed by atoms with van der Waals surface area (Å²) in [6.45, 7) is 0. The summed E-state index contributed by atoms with van der Waals surface area (Å²) in [5.74, 6) is -2.57. The number of aromatic nitrogens is 2. The SMILES string of the molecule is COc1ccccc1C(CC(=O)N1C(=O)[C@H](Cc2ccnc(N)c2)[C@H]1C(=O)O)c1cnccc1OC. The number of aliphatic carboxylic acids is 1. The molecule has 2 amide bonds. The molecule has 1 unspecified atom stereocenters. The standard InChI is InChI=1S/C26H26N4O6/c1-35-20-6-4-3-5-16(20)17(19-14-28-9-8-21(19)36-2)13-23(31)30-24(26(33)34)18(25(30)32)11-15-7-10-29-22(27)12-15/h3-10,12,14,17-18,24H,11,13H2,1-2H3,(H2,27,29)(H,33,34)/t17?,18-,24+/m1/s1.